The van der Waals surface area contributed by atoms with Crippen molar-refractivity contribution in [2.75, 3.05) is 17.6 Å². The van der Waals surface area contributed by atoms with Gasteiger partial charge in [-0.2, -0.15) is 0 Å². The van der Waals surface area contributed by atoms with Gasteiger partial charge in [0.05, 0.1) is 11.7 Å². The standard InChI is InChI=1S/C15H20N2OS/c1-3-12-8-7-11-17(12)15(18)16-13-9-5-6-10-14(13)19-4-2/h5-10,12H,3-4,11H2,1-2H3,(H,16,18)/t12-/m0/s1. The SMILES string of the molecule is CCSc1ccccc1NC(=O)N1CC=C[C@@H]1CC. The fourth-order valence-corrected chi connectivity index (χ4v) is 2.96. The minimum atomic E-state index is -0.0130. The third-order valence-corrected chi connectivity index (χ3v) is 4.12. The van der Waals surface area contributed by atoms with E-state index in [1.165, 1.54) is 0 Å². The Morgan fingerprint density at radius 2 is 2.21 bits per heavy atom. The van der Waals surface area contributed by atoms with E-state index < -0.39 is 0 Å². The Morgan fingerprint density at radius 3 is 2.95 bits per heavy atom. The van der Waals surface area contributed by atoms with Crippen molar-refractivity contribution in [2.45, 2.75) is 31.2 Å². The van der Waals surface area contributed by atoms with Crippen molar-refractivity contribution in [3.63, 3.8) is 0 Å². The zero-order valence-corrected chi connectivity index (χ0v) is 12.2. The molecule has 0 spiro atoms. The average Bonchev–Trinajstić information content (AvgIpc) is 2.89. The predicted octanol–water partition coefficient (Wildman–Crippen LogP) is 3.98. The molecule has 1 aromatic carbocycles. The Morgan fingerprint density at radius 1 is 1.42 bits per heavy atom. The van der Waals surface area contributed by atoms with Crippen LogP contribution >= 0.6 is 11.8 Å². The molecule has 1 aliphatic rings. The van der Waals surface area contributed by atoms with Gasteiger partial charge in [-0.05, 0) is 24.3 Å². The summed E-state index contributed by atoms with van der Waals surface area (Å²) in [4.78, 5) is 15.3. The highest BCUT2D eigenvalue weighted by Gasteiger charge is 2.23. The summed E-state index contributed by atoms with van der Waals surface area (Å²) >= 11 is 1.74. The van der Waals surface area contributed by atoms with Crippen LogP contribution < -0.4 is 5.32 Å². The number of benzene rings is 1. The van der Waals surface area contributed by atoms with Crippen LogP contribution in [0.4, 0.5) is 10.5 Å². The average molecular weight is 276 g/mol. The number of thioether (sulfide) groups is 1. The predicted molar refractivity (Wildman–Crippen MR) is 81.8 cm³/mol. The van der Waals surface area contributed by atoms with Gasteiger partial charge in [0.25, 0.3) is 0 Å². The van der Waals surface area contributed by atoms with Crippen LogP contribution in [0.1, 0.15) is 20.3 Å². The molecule has 3 nitrogen and oxygen atoms in total. The molecule has 2 amide bonds. The number of urea groups is 1. The van der Waals surface area contributed by atoms with E-state index >= 15 is 0 Å². The first-order valence-corrected chi connectivity index (χ1v) is 7.71. The second kappa shape index (κ2) is 6.66. The van der Waals surface area contributed by atoms with Crippen LogP contribution in [0.2, 0.25) is 0 Å². The normalized spacial score (nSPS) is 17.8. The molecule has 1 heterocycles. The Hall–Kier alpha value is -1.42. The molecule has 0 saturated carbocycles. The van der Waals surface area contributed by atoms with E-state index in [-0.39, 0.29) is 12.1 Å². The molecule has 0 bridgehead atoms. The highest BCUT2D eigenvalue weighted by molar-refractivity contribution is 7.99. The molecule has 0 aliphatic carbocycles. The summed E-state index contributed by atoms with van der Waals surface area (Å²) in [5, 5.41) is 3.03. The summed E-state index contributed by atoms with van der Waals surface area (Å²) in [7, 11) is 0. The van der Waals surface area contributed by atoms with Gasteiger partial charge in [0, 0.05) is 11.4 Å². The maximum Gasteiger partial charge on any atom is 0.322 e. The smallest absolute Gasteiger partial charge is 0.314 e. The molecular formula is C15H20N2OS. The number of carbonyl (C=O) groups is 1. The largest absolute Gasteiger partial charge is 0.322 e. The van der Waals surface area contributed by atoms with Crippen molar-refractivity contribution < 1.29 is 4.79 Å². The Kier molecular flexibility index (Phi) is 4.91. The molecular weight excluding hydrogens is 256 g/mol. The van der Waals surface area contributed by atoms with Crippen molar-refractivity contribution in [1.82, 2.24) is 4.90 Å². The van der Waals surface area contributed by atoms with Crippen molar-refractivity contribution in [1.29, 1.82) is 0 Å². The van der Waals surface area contributed by atoms with Gasteiger partial charge in [-0.25, -0.2) is 4.79 Å². The van der Waals surface area contributed by atoms with Crippen LogP contribution in [0.15, 0.2) is 41.3 Å². The molecule has 2 rings (SSSR count). The zero-order chi connectivity index (χ0) is 13.7. The van der Waals surface area contributed by atoms with E-state index in [1.807, 2.05) is 29.2 Å². The van der Waals surface area contributed by atoms with Crippen LogP contribution in [0.3, 0.4) is 0 Å². The highest BCUT2D eigenvalue weighted by Crippen LogP contribution is 2.27. The number of hydrogen-bond acceptors (Lipinski definition) is 2. The lowest BCUT2D eigenvalue weighted by atomic mass is 10.2. The molecule has 1 aliphatic heterocycles. The number of anilines is 1. The Balaban J connectivity index is 2.07. The van der Waals surface area contributed by atoms with Crippen LogP contribution in [0.25, 0.3) is 0 Å². The molecule has 0 aromatic heterocycles. The number of para-hydroxylation sites is 1. The first-order valence-electron chi connectivity index (χ1n) is 6.72. The number of amides is 2. The molecule has 4 heteroatoms. The monoisotopic (exact) mass is 276 g/mol. The second-order valence-corrected chi connectivity index (χ2v) is 5.72. The molecule has 0 unspecified atom stereocenters. The first-order chi connectivity index (χ1) is 9.26. The fraction of sp³-hybridized carbons (Fsp3) is 0.400. The minimum absolute atomic E-state index is 0.0130. The number of hydrogen-bond donors (Lipinski definition) is 1. The third-order valence-electron chi connectivity index (χ3n) is 3.17. The first kappa shape index (κ1) is 14.0. The topological polar surface area (TPSA) is 32.3 Å². The Labute approximate surface area is 119 Å². The van der Waals surface area contributed by atoms with E-state index in [0.717, 1.165) is 22.8 Å². The molecule has 0 fully saturated rings. The Bertz CT molecular complexity index is 473. The van der Waals surface area contributed by atoms with Gasteiger partial charge in [0.2, 0.25) is 0 Å². The number of rotatable bonds is 4. The molecule has 1 N–H and O–H groups in total. The summed E-state index contributed by atoms with van der Waals surface area (Å²) in [6, 6.07) is 8.17. The van der Waals surface area contributed by atoms with Crippen molar-refractivity contribution >= 4 is 23.5 Å². The van der Waals surface area contributed by atoms with Gasteiger partial charge in [-0.3, -0.25) is 0 Å². The van der Waals surface area contributed by atoms with Gasteiger partial charge in [0.1, 0.15) is 0 Å². The maximum absolute atomic E-state index is 12.3. The third kappa shape index (κ3) is 3.32. The summed E-state index contributed by atoms with van der Waals surface area (Å²) in [6.07, 6.45) is 5.11. The van der Waals surface area contributed by atoms with Gasteiger partial charge >= 0.3 is 6.03 Å². The van der Waals surface area contributed by atoms with Gasteiger partial charge in [-0.15, -0.1) is 11.8 Å². The van der Waals surface area contributed by atoms with E-state index in [1.54, 1.807) is 11.8 Å². The van der Waals surface area contributed by atoms with Crippen LogP contribution in [0.5, 0.6) is 0 Å². The number of carbonyl (C=O) groups excluding carboxylic acids is 1. The zero-order valence-electron chi connectivity index (χ0n) is 11.4. The van der Waals surface area contributed by atoms with Crippen molar-refractivity contribution in [2.24, 2.45) is 0 Å². The van der Waals surface area contributed by atoms with Gasteiger partial charge < -0.3 is 10.2 Å². The maximum atomic E-state index is 12.3. The van der Waals surface area contributed by atoms with Gasteiger partial charge in [-0.1, -0.05) is 38.1 Å². The van der Waals surface area contributed by atoms with Crippen molar-refractivity contribution in [3.05, 3.63) is 36.4 Å². The molecule has 1 aromatic rings. The minimum Gasteiger partial charge on any atom is -0.314 e. The van der Waals surface area contributed by atoms with E-state index in [2.05, 4.69) is 31.3 Å². The lowest BCUT2D eigenvalue weighted by molar-refractivity contribution is 0.209. The fourth-order valence-electron chi connectivity index (χ4n) is 2.20. The van der Waals surface area contributed by atoms with E-state index in [9.17, 15) is 4.79 Å². The van der Waals surface area contributed by atoms with E-state index in [0.29, 0.717) is 6.54 Å². The molecule has 19 heavy (non-hydrogen) atoms. The van der Waals surface area contributed by atoms with Crippen molar-refractivity contribution in [3.8, 4) is 0 Å². The van der Waals surface area contributed by atoms with Crippen LogP contribution in [-0.2, 0) is 0 Å². The number of nitrogens with one attached hydrogen (secondary N) is 1. The summed E-state index contributed by atoms with van der Waals surface area (Å²) < 4.78 is 0. The van der Waals surface area contributed by atoms with Gasteiger partial charge in [0.15, 0.2) is 0 Å². The second-order valence-electron chi connectivity index (χ2n) is 4.42. The summed E-state index contributed by atoms with van der Waals surface area (Å²) in [5.74, 6) is 0.996. The number of nitrogens with zero attached hydrogens (tertiary/aromatic N) is 1. The molecule has 0 radical (unpaired) electrons. The van der Waals surface area contributed by atoms with Crippen LogP contribution in [0, 0.1) is 0 Å². The van der Waals surface area contributed by atoms with E-state index in [4.69, 9.17) is 0 Å². The molecule has 102 valence electrons. The van der Waals surface area contributed by atoms with Crippen LogP contribution in [-0.4, -0.2) is 29.3 Å². The lowest BCUT2D eigenvalue weighted by Crippen LogP contribution is -2.38. The summed E-state index contributed by atoms with van der Waals surface area (Å²) in [6.45, 7) is 4.91. The highest BCUT2D eigenvalue weighted by atomic mass is 32.2. The summed E-state index contributed by atoms with van der Waals surface area (Å²) in [5.41, 5.74) is 0.904. The molecule has 1 atom stereocenters. The quantitative estimate of drug-likeness (QED) is 0.666. The lowest BCUT2D eigenvalue weighted by Gasteiger charge is -2.24. The molecule has 0 saturated heterocycles.